The third kappa shape index (κ3) is 0.713. The number of ketones is 1. The van der Waals surface area contributed by atoms with E-state index in [2.05, 4.69) is 13.2 Å². The van der Waals surface area contributed by atoms with Gasteiger partial charge in [0.05, 0.1) is 0 Å². The minimum Gasteiger partial charge on any atom is -0.299 e. The van der Waals surface area contributed by atoms with Crippen LogP contribution in [0.4, 0.5) is 0 Å². The van der Waals surface area contributed by atoms with Crippen LogP contribution in [0.25, 0.3) is 0 Å². The van der Waals surface area contributed by atoms with Gasteiger partial charge in [-0.3, -0.25) is 4.79 Å². The molecule has 1 saturated carbocycles. The van der Waals surface area contributed by atoms with E-state index in [0.29, 0.717) is 12.8 Å². The molecule has 1 aliphatic carbocycles. The molecule has 0 aromatic rings. The molecule has 42 valence electrons. The van der Waals surface area contributed by atoms with Crippen LogP contribution < -0.4 is 0 Å². The Balaban J connectivity index is 2.79. The van der Waals surface area contributed by atoms with Gasteiger partial charge < -0.3 is 0 Å². The number of Topliss-reactive ketones (excluding diaryl/α,β-unsaturated/α-hetero) is 1. The highest BCUT2D eigenvalue weighted by Gasteiger charge is 2.16. The number of allylic oxidation sites excluding steroid dienone is 2. The largest absolute Gasteiger partial charge is 0.299 e. The molecule has 0 aromatic heterocycles. The Morgan fingerprint density at radius 2 is 1.50 bits per heavy atom. The van der Waals surface area contributed by atoms with E-state index in [-0.39, 0.29) is 5.78 Å². The van der Waals surface area contributed by atoms with Gasteiger partial charge in [0.15, 0.2) is 0 Å². The van der Waals surface area contributed by atoms with Crippen molar-refractivity contribution in [2.75, 3.05) is 0 Å². The van der Waals surface area contributed by atoms with Crippen LogP contribution in [0.2, 0.25) is 0 Å². The molecule has 0 aromatic carbocycles. The van der Waals surface area contributed by atoms with Crippen molar-refractivity contribution in [1.82, 2.24) is 0 Å². The average Bonchev–Trinajstić information content (AvgIpc) is 1.85. The molecule has 1 aliphatic rings. The first-order chi connectivity index (χ1) is 3.70. The number of carbonyl (C=O) groups is 1. The minimum absolute atomic E-state index is 0.250. The molecule has 0 radical (unpaired) electrons. The smallest absolute Gasteiger partial charge is 0.141 e. The Morgan fingerprint density at radius 1 is 1.12 bits per heavy atom. The van der Waals surface area contributed by atoms with Crippen molar-refractivity contribution in [3.8, 4) is 0 Å². The van der Waals surface area contributed by atoms with Gasteiger partial charge in [-0.05, 0) is 11.1 Å². The van der Waals surface area contributed by atoms with E-state index >= 15 is 0 Å². The molecule has 0 spiro atoms. The molecule has 1 rings (SSSR count). The molecule has 1 heteroatoms. The van der Waals surface area contributed by atoms with E-state index < -0.39 is 0 Å². The fourth-order valence-corrected chi connectivity index (χ4v) is 0.789. The molecular weight excluding hydrogens is 100 g/mol. The van der Waals surface area contributed by atoms with Gasteiger partial charge in [-0.2, -0.15) is 0 Å². The molecule has 0 amide bonds. The quantitative estimate of drug-likeness (QED) is 0.459. The summed E-state index contributed by atoms with van der Waals surface area (Å²) in [5.41, 5.74) is 1.82. The van der Waals surface area contributed by atoms with Crippen LogP contribution in [0.5, 0.6) is 0 Å². The van der Waals surface area contributed by atoms with E-state index in [1.165, 1.54) is 0 Å². The van der Waals surface area contributed by atoms with Gasteiger partial charge in [0, 0.05) is 12.8 Å². The molecule has 0 saturated heterocycles. The predicted octanol–water partition coefficient (Wildman–Crippen LogP) is 1.46. The lowest BCUT2D eigenvalue weighted by Crippen LogP contribution is -1.82. The van der Waals surface area contributed by atoms with Crippen molar-refractivity contribution in [2.24, 2.45) is 0 Å². The molecule has 0 unspecified atom stereocenters. The van der Waals surface area contributed by atoms with Crippen LogP contribution in [-0.4, -0.2) is 5.78 Å². The Morgan fingerprint density at radius 3 is 1.62 bits per heavy atom. The van der Waals surface area contributed by atoms with E-state index in [4.69, 9.17) is 0 Å². The summed E-state index contributed by atoms with van der Waals surface area (Å²) < 4.78 is 0. The predicted molar refractivity (Wildman–Crippen MR) is 32.5 cm³/mol. The lowest BCUT2D eigenvalue weighted by Gasteiger charge is -1.86. The molecule has 0 aliphatic heterocycles. The van der Waals surface area contributed by atoms with Crippen LogP contribution in [0.3, 0.4) is 0 Å². The Bertz CT molecular complexity index is 147. The first kappa shape index (κ1) is 5.29. The maximum atomic E-state index is 10.5. The van der Waals surface area contributed by atoms with Gasteiger partial charge in [0.25, 0.3) is 0 Å². The lowest BCUT2D eigenvalue weighted by molar-refractivity contribution is -0.116. The van der Waals surface area contributed by atoms with Crippen LogP contribution in [0.1, 0.15) is 12.8 Å². The van der Waals surface area contributed by atoms with Crippen molar-refractivity contribution in [2.45, 2.75) is 12.8 Å². The average molecular weight is 108 g/mol. The summed E-state index contributed by atoms with van der Waals surface area (Å²) in [5.74, 6) is 0.250. The second-order valence-electron chi connectivity index (χ2n) is 2.10. The Kier molecular flexibility index (Phi) is 1.05. The van der Waals surface area contributed by atoms with Gasteiger partial charge in [0.1, 0.15) is 5.78 Å². The SMILES string of the molecule is C=C1CC(=O)CC1=C. The first-order valence-electron chi connectivity index (χ1n) is 2.58. The van der Waals surface area contributed by atoms with Gasteiger partial charge in [0.2, 0.25) is 0 Å². The Labute approximate surface area is 48.7 Å². The fourth-order valence-electron chi connectivity index (χ4n) is 0.789. The van der Waals surface area contributed by atoms with E-state index in [9.17, 15) is 4.79 Å². The van der Waals surface area contributed by atoms with E-state index in [1.807, 2.05) is 0 Å². The fraction of sp³-hybridized carbons (Fsp3) is 0.286. The molecule has 0 heterocycles. The molecule has 0 atom stereocenters. The summed E-state index contributed by atoms with van der Waals surface area (Å²) in [7, 11) is 0. The Hall–Kier alpha value is -0.850. The van der Waals surface area contributed by atoms with Gasteiger partial charge >= 0.3 is 0 Å². The van der Waals surface area contributed by atoms with Crippen molar-refractivity contribution in [3.63, 3.8) is 0 Å². The zero-order valence-corrected chi connectivity index (χ0v) is 4.74. The number of carbonyl (C=O) groups excluding carboxylic acids is 1. The first-order valence-corrected chi connectivity index (χ1v) is 2.58. The molecule has 1 nitrogen and oxygen atoms in total. The molecule has 0 N–H and O–H groups in total. The van der Waals surface area contributed by atoms with E-state index in [0.717, 1.165) is 11.1 Å². The van der Waals surface area contributed by atoms with E-state index in [1.54, 1.807) is 0 Å². The molecule has 1 fully saturated rings. The normalized spacial score (nSPS) is 20.2. The highest BCUT2D eigenvalue weighted by atomic mass is 16.1. The maximum Gasteiger partial charge on any atom is 0.141 e. The van der Waals surface area contributed by atoms with Gasteiger partial charge in [-0.15, -0.1) is 0 Å². The van der Waals surface area contributed by atoms with Gasteiger partial charge in [-0.1, -0.05) is 13.2 Å². The molecular formula is C7H8O. The monoisotopic (exact) mass is 108 g/mol. The number of rotatable bonds is 0. The second kappa shape index (κ2) is 1.58. The van der Waals surface area contributed by atoms with Crippen molar-refractivity contribution in [1.29, 1.82) is 0 Å². The van der Waals surface area contributed by atoms with Crippen LogP contribution >= 0.6 is 0 Å². The summed E-state index contributed by atoms with van der Waals surface area (Å²) >= 11 is 0. The van der Waals surface area contributed by atoms with Crippen molar-refractivity contribution in [3.05, 3.63) is 24.3 Å². The van der Waals surface area contributed by atoms with Crippen molar-refractivity contribution < 1.29 is 4.79 Å². The summed E-state index contributed by atoms with van der Waals surface area (Å²) in [4.78, 5) is 10.5. The standard InChI is InChI=1S/C7H8O/c1-5-3-7(8)4-6(5)2/h1-4H2. The third-order valence-electron chi connectivity index (χ3n) is 1.32. The van der Waals surface area contributed by atoms with Gasteiger partial charge in [-0.25, -0.2) is 0 Å². The van der Waals surface area contributed by atoms with Crippen LogP contribution in [0.15, 0.2) is 24.3 Å². The topological polar surface area (TPSA) is 17.1 Å². The zero-order chi connectivity index (χ0) is 6.15. The third-order valence-corrected chi connectivity index (χ3v) is 1.32. The highest BCUT2D eigenvalue weighted by Crippen LogP contribution is 2.23. The van der Waals surface area contributed by atoms with Crippen LogP contribution in [0, 0.1) is 0 Å². The molecule has 0 bridgehead atoms. The van der Waals surface area contributed by atoms with Crippen LogP contribution in [-0.2, 0) is 4.79 Å². The molecule has 8 heavy (non-hydrogen) atoms. The number of hydrogen-bond donors (Lipinski definition) is 0. The second-order valence-corrected chi connectivity index (χ2v) is 2.10. The highest BCUT2D eigenvalue weighted by molar-refractivity contribution is 5.89. The summed E-state index contributed by atoms with van der Waals surface area (Å²) in [6.45, 7) is 7.33. The van der Waals surface area contributed by atoms with Crippen molar-refractivity contribution >= 4 is 5.78 Å². The summed E-state index contributed by atoms with van der Waals surface area (Å²) in [5, 5.41) is 0. The minimum atomic E-state index is 0.250. The number of hydrogen-bond acceptors (Lipinski definition) is 1. The zero-order valence-electron chi connectivity index (χ0n) is 4.74. The maximum absolute atomic E-state index is 10.5. The summed E-state index contributed by atoms with van der Waals surface area (Å²) in [6, 6.07) is 0. The lowest BCUT2D eigenvalue weighted by atomic mass is 10.2. The summed E-state index contributed by atoms with van der Waals surface area (Å²) in [6.07, 6.45) is 1.05.